The summed E-state index contributed by atoms with van der Waals surface area (Å²) in [4.78, 5) is 54.5. The van der Waals surface area contributed by atoms with Crippen molar-refractivity contribution in [1.29, 1.82) is 0 Å². The molecule has 4 amide bonds. The van der Waals surface area contributed by atoms with Gasteiger partial charge in [0.05, 0.1) is 25.0 Å². The minimum absolute atomic E-state index is 0.0125. The molecule has 1 atom stereocenters. The molecule has 0 bridgehead atoms. The number of nitrogens with two attached hydrogens (primary N) is 1. The normalized spacial score (nSPS) is 18.5. The van der Waals surface area contributed by atoms with Crippen LogP contribution in [0.1, 0.15) is 49.4 Å². The van der Waals surface area contributed by atoms with Crippen LogP contribution in [0.5, 0.6) is 5.88 Å². The van der Waals surface area contributed by atoms with Crippen LogP contribution in [0.2, 0.25) is 0 Å². The lowest BCUT2D eigenvalue weighted by atomic mass is 9.95. The summed E-state index contributed by atoms with van der Waals surface area (Å²) in [6.45, 7) is 6.48. The van der Waals surface area contributed by atoms with Gasteiger partial charge in [-0.25, -0.2) is 4.98 Å². The smallest absolute Gasteiger partial charge is 0.313 e. The maximum Gasteiger partial charge on any atom is 0.313 e. The fraction of sp³-hybridized carbons (Fsp3) is 0.375. The van der Waals surface area contributed by atoms with Gasteiger partial charge >= 0.3 is 11.8 Å². The van der Waals surface area contributed by atoms with Crippen molar-refractivity contribution < 1.29 is 23.9 Å². The maximum atomic E-state index is 13.0. The van der Waals surface area contributed by atoms with Crippen molar-refractivity contribution in [3.63, 3.8) is 0 Å². The average Bonchev–Trinajstić information content (AvgIpc) is 2.83. The lowest BCUT2D eigenvalue weighted by Gasteiger charge is -2.35. The number of allylic oxidation sites excluding steroid dienone is 2. The predicted octanol–water partition coefficient (Wildman–Crippen LogP) is 1.81. The molecule has 0 unspecified atom stereocenters. The molecule has 2 aliphatic rings. The number of nitrogens with one attached hydrogen (secondary N) is 2. The third-order valence-electron chi connectivity index (χ3n) is 5.88. The van der Waals surface area contributed by atoms with Crippen LogP contribution in [-0.2, 0) is 14.4 Å². The molecule has 4 N–H and O–H groups in total. The largest absolute Gasteiger partial charge is 0.480 e. The van der Waals surface area contributed by atoms with Crippen molar-refractivity contribution in [2.45, 2.75) is 45.1 Å². The highest BCUT2D eigenvalue weighted by atomic mass is 16.5. The number of aromatic nitrogens is 1. The molecule has 1 aromatic rings. The number of hydrogen-bond acceptors (Lipinski definition) is 6. The number of amides is 4. The van der Waals surface area contributed by atoms with Crippen LogP contribution < -0.4 is 21.1 Å². The van der Waals surface area contributed by atoms with Gasteiger partial charge in [0.1, 0.15) is 5.56 Å². The maximum absolute atomic E-state index is 13.0. The van der Waals surface area contributed by atoms with E-state index >= 15 is 0 Å². The molecular formula is C24H29N5O5. The zero-order valence-electron chi connectivity index (χ0n) is 19.3. The van der Waals surface area contributed by atoms with Gasteiger partial charge in [-0.3, -0.25) is 19.2 Å². The SMILES string of the molecule is C=C(/C=C\C1=C(C)CCC(=O)N1)[C@@H]1CCCCN1C(=O)C(=O)Nc1cnc(OC)c(C(N)=O)c1. The zero-order chi connectivity index (χ0) is 24.8. The van der Waals surface area contributed by atoms with E-state index in [-0.39, 0.29) is 29.1 Å². The van der Waals surface area contributed by atoms with Gasteiger partial charge in [-0.05, 0) is 55.9 Å². The molecule has 3 rings (SSSR count). The number of methoxy groups -OCH3 is 1. The highest BCUT2D eigenvalue weighted by Crippen LogP contribution is 2.25. The molecule has 34 heavy (non-hydrogen) atoms. The van der Waals surface area contributed by atoms with Crippen LogP contribution in [-0.4, -0.2) is 53.2 Å². The van der Waals surface area contributed by atoms with E-state index in [1.807, 2.05) is 6.92 Å². The summed E-state index contributed by atoms with van der Waals surface area (Å²) in [7, 11) is 1.34. The molecule has 0 radical (unpaired) electrons. The average molecular weight is 468 g/mol. The molecule has 3 heterocycles. The van der Waals surface area contributed by atoms with Gasteiger partial charge in [0.15, 0.2) is 0 Å². The Labute approximate surface area is 197 Å². The first-order valence-corrected chi connectivity index (χ1v) is 11.0. The number of nitrogens with zero attached hydrogens (tertiary/aromatic N) is 2. The topological polar surface area (TPSA) is 144 Å². The molecule has 0 saturated carbocycles. The van der Waals surface area contributed by atoms with Gasteiger partial charge in [0.25, 0.3) is 5.91 Å². The van der Waals surface area contributed by atoms with Crippen molar-refractivity contribution in [2.24, 2.45) is 5.73 Å². The summed E-state index contributed by atoms with van der Waals surface area (Å²) < 4.78 is 4.99. The summed E-state index contributed by atoms with van der Waals surface area (Å²) in [5.74, 6) is -2.35. The summed E-state index contributed by atoms with van der Waals surface area (Å²) >= 11 is 0. The van der Waals surface area contributed by atoms with E-state index in [1.54, 1.807) is 12.2 Å². The number of likely N-dealkylation sites (tertiary alicyclic amines) is 1. The van der Waals surface area contributed by atoms with Gasteiger partial charge < -0.3 is 26.0 Å². The summed E-state index contributed by atoms with van der Waals surface area (Å²) in [5.41, 5.74) is 7.94. The molecule has 10 heteroatoms. The minimum Gasteiger partial charge on any atom is -0.480 e. The number of pyridine rings is 1. The summed E-state index contributed by atoms with van der Waals surface area (Å²) in [6, 6.07) is 0.960. The second-order valence-electron chi connectivity index (χ2n) is 8.26. The number of ether oxygens (including phenoxy) is 1. The van der Waals surface area contributed by atoms with Crippen molar-refractivity contribution in [2.75, 3.05) is 19.0 Å². The Balaban J connectivity index is 1.72. The van der Waals surface area contributed by atoms with Gasteiger partial charge in [-0.2, -0.15) is 0 Å². The van der Waals surface area contributed by atoms with E-state index in [0.717, 1.165) is 24.1 Å². The third kappa shape index (κ3) is 5.69. The highest BCUT2D eigenvalue weighted by molar-refractivity contribution is 6.39. The Morgan fingerprint density at radius 1 is 1.32 bits per heavy atom. The molecule has 0 aromatic carbocycles. The highest BCUT2D eigenvalue weighted by Gasteiger charge is 2.32. The minimum atomic E-state index is -0.857. The Kier molecular flexibility index (Phi) is 7.83. The first-order chi connectivity index (χ1) is 16.2. The fourth-order valence-corrected chi connectivity index (χ4v) is 3.98. The fourth-order valence-electron chi connectivity index (χ4n) is 3.98. The van der Waals surface area contributed by atoms with Crippen molar-refractivity contribution >= 4 is 29.3 Å². The first kappa shape index (κ1) is 24.7. The quantitative estimate of drug-likeness (QED) is 0.430. The lowest BCUT2D eigenvalue weighted by Crippen LogP contribution is -2.48. The van der Waals surface area contributed by atoms with E-state index < -0.39 is 17.7 Å². The molecule has 180 valence electrons. The van der Waals surface area contributed by atoms with Gasteiger partial charge in [-0.15, -0.1) is 0 Å². The third-order valence-corrected chi connectivity index (χ3v) is 5.88. The molecule has 0 spiro atoms. The Hall–Kier alpha value is -3.95. The van der Waals surface area contributed by atoms with Crippen LogP contribution in [0.25, 0.3) is 0 Å². The standard InChI is InChI=1S/C24H29N5O5/c1-14-8-10-20(30)28-18(14)9-7-15(2)19-6-4-5-11-29(19)24(33)22(32)27-16-12-17(21(25)31)23(34-3)26-13-16/h7,9,12-13,19H,2,4-6,8,10-11H2,1,3H3,(H2,25,31)(H,27,32)(H,28,30)/b9-7-/t19-/m0/s1. The summed E-state index contributed by atoms with van der Waals surface area (Å²) in [5, 5.41) is 5.33. The Bertz CT molecular complexity index is 1090. The van der Waals surface area contributed by atoms with Crippen LogP contribution in [0.3, 0.4) is 0 Å². The van der Waals surface area contributed by atoms with E-state index in [9.17, 15) is 19.2 Å². The monoisotopic (exact) mass is 467 g/mol. The number of carbonyl (C=O) groups excluding carboxylic acids is 4. The van der Waals surface area contributed by atoms with Crippen LogP contribution >= 0.6 is 0 Å². The van der Waals surface area contributed by atoms with E-state index in [0.29, 0.717) is 31.4 Å². The van der Waals surface area contributed by atoms with Gasteiger partial charge in [0.2, 0.25) is 11.8 Å². The van der Waals surface area contributed by atoms with Gasteiger partial charge in [0, 0.05) is 18.7 Å². The number of rotatable bonds is 6. The molecular weight excluding hydrogens is 438 g/mol. The molecule has 1 saturated heterocycles. The predicted molar refractivity (Wildman–Crippen MR) is 126 cm³/mol. The van der Waals surface area contributed by atoms with E-state index in [4.69, 9.17) is 10.5 Å². The second-order valence-corrected chi connectivity index (χ2v) is 8.26. The number of piperidine rings is 1. The molecule has 2 aliphatic heterocycles. The van der Waals surface area contributed by atoms with Crippen LogP contribution in [0.15, 0.2) is 47.8 Å². The van der Waals surface area contributed by atoms with Crippen molar-refractivity contribution in [3.05, 3.63) is 53.4 Å². The molecule has 10 nitrogen and oxygen atoms in total. The summed E-state index contributed by atoms with van der Waals surface area (Å²) in [6.07, 6.45) is 8.35. The molecule has 1 fully saturated rings. The lowest BCUT2D eigenvalue weighted by molar-refractivity contribution is -0.145. The molecule has 1 aromatic heterocycles. The zero-order valence-corrected chi connectivity index (χ0v) is 19.3. The number of primary amides is 1. The van der Waals surface area contributed by atoms with Crippen molar-refractivity contribution in [3.8, 4) is 5.88 Å². The number of carbonyl (C=O) groups is 4. The first-order valence-electron chi connectivity index (χ1n) is 11.0. The van der Waals surface area contributed by atoms with Crippen molar-refractivity contribution in [1.82, 2.24) is 15.2 Å². The Morgan fingerprint density at radius 3 is 2.79 bits per heavy atom. The Morgan fingerprint density at radius 2 is 2.09 bits per heavy atom. The van der Waals surface area contributed by atoms with E-state index in [2.05, 4.69) is 22.2 Å². The molecule has 0 aliphatic carbocycles. The van der Waals surface area contributed by atoms with Crippen LogP contribution in [0.4, 0.5) is 5.69 Å². The number of anilines is 1. The van der Waals surface area contributed by atoms with Gasteiger partial charge in [-0.1, -0.05) is 12.7 Å². The van der Waals surface area contributed by atoms with E-state index in [1.165, 1.54) is 24.3 Å². The number of hydrogen-bond donors (Lipinski definition) is 3. The van der Waals surface area contributed by atoms with Crippen LogP contribution in [0, 0.1) is 0 Å². The second kappa shape index (κ2) is 10.8.